The Morgan fingerprint density at radius 2 is 1.88 bits per heavy atom. The van der Waals surface area contributed by atoms with Gasteiger partial charge in [-0.1, -0.05) is 20.8 Å². The zero-order valence-corrected chi connectivity index (χ0v) is 12.3. The molecule has 2 aliphatic heterocycles. The molecule has 3 atom stereocenters. The van der Waals surface area contributed by atoms with Gasteiger partial charge in [0, 0.05) is 25.2 Å². The first-order chi connectivity index (χ1) is 7.29. The van der Waals surface area contributed by atoms with Crippen molar-refractivity contribution in [1.29, 1.82) is 0 Å². The summed E-state index contributed by atoms with van der Waals surface area (Å²) in [5.41, 5.74) is 0. The maximum Gasteiger partial charge on any atom is 0.192 e. The average molecular weight is 242 g/mol. The second kappa shape index (κ2) is 4.09. The molecule has 2 unspecified atom stereocenters. The van der Waals surface area contributed by atoms with Crippen LogP contribution in [0.1, 0.15) is 27.2 Å². The van der Waals surface area contributed by atoms with Crippen molar-refractivity contribution in [2.45, 2.75) is 63.5 Å². The molecule has 94 valence electrons. The molecule has 0 saturated carbocycles. The van der Waals surface area contributed by atoms with Gasteiger partial charge in [0.05, 0.1) is 6.10 Å². The van der Waals surface area contributed by atoms with Crippen molar-refractivity contribution in [1.82, 2.24) is 10.6 Å². The fourth-order valence-electron chi connectivity index (χ4n) is 2.35. The Balaban J connectivity index is 2.00. The topological polar surface area (TPSA) is 33.3 Å². The first-order valence-corrected chi connectivity index (χ1v) is 9.35. The van der Waals surface area contributed by atoms with E-state index in [2.05, 4.69) is 44.5 Å². The second-order valence-corrected chi connectivity index (χ2v) is 11.5. The molecule has 0 aromatic carbocycles. The van der Waals surface area contributed by atoms with Crippen LogP contribution in [-0.2, 0) is 4.43 Å². The molecule has 2 bridgehead atoms. The van der Waals surface area contributed by atoms with E-state index in [0.29, 0.717) is 23.2 Å². The maximum atomic E-state index is 6.51. The van der Waals surface area contributed by atoms with Crippen LogP contribution in [0.5, 0.6) is 0 Å². The fraction of sp³-hybridized carbons (Fsp3) is 1.00. The van der Waals surface area contributed by atoms with Crippen molar-refractivity contribution in [3.05, 3.63) is 0 Å². The number of rotatable bonds is 2. The number of piperazine rings is 1. The summed E-state index contributed by atoms with van der Waals surface area (Å²) in [5.74, 6) is 0. The zero-order chi connectivity index (χ0) is 12.0. The molecule has 2 aliphatic rings. The van der Waals surface area contributed by atoms with Crippen molar-refractivity contribution in [2.75, 3.05) is 13.1 Å². The normalized spacial score (nSPS) is 35.4. The van der Waals surface area contributed by atoms with Crippen molar-refractivity contribution in [2.24, 2.45) is 0 Å². The highest BCUT2D eigenvalue weighted by Gasteiger charge is 2.44. The third kappa shape index (κ3) is 2.35. The molecule has 2 rings (SSSR count). The summed E-state index contributed by atoms with van der Waals surface area (Å²) < 4.78 is 6.51. The predicted octanol–water partition coefficient (Wildman–Crippen LogP) is 1.71. The van der Waals surface area contributed by atoms with Gasteiger partial charge in [0.25, 0.3) is 0 Å². The van der Waals surface area contributed by atoms with Crippen LogP contribution in [0.2, 0.25) is 18.1 Å². The minimum atomic E-state index is -1.60. The Kier molecular flexibility index (Phi) is 3.21. The number of nitrogens with one attached hydrogen (secondary N) is 2. The van der Waals surface area contributed by atoms with Gasteiger partial charge in [0.2, 0.25) is 0 Å². The summed E-state index contributed by atoms with van der Waals surface area (Å²) in [5, 5.41) is 7.44. The van der Waals surface area contributed by atoms with Crippen LogP contribution < -0.4 is 10.6 Å². The molecule has 16 heavy (non-hydrogen) atoms. The Morgan fingerprint density at radius 3 is 2.44 bits per heavy atom. The van der Waals surface area contributed by atoms with E-state index in [9.17, 15) is 0 Å². The van der Waals surface area contributed by atoms with Gasteiger partial charge in [0.15, 0.2) is 8.32 Å². The fourth-order valence-corrected chi connectivity index (χ4v) is 3.72. The SMILES string of the molecule is CC(C)(C)[Si](C)(C)O[C@@H]1CC2CNCC1N2. The minimum Gasteiger partial charge on any atom is -0.412 e. The highest BCUT2D eigenvalue weighted by atomic mass is 28.4. The molecule has 4 heteroatoms. The Labute approximate surface area is 100 Å². The van der Waals surface area contributed by atoms with Crippen LogP contribution >= 0.6 is 0 Å². The lowest BCUT2D eigenvalue weighted by molar-refractivity contribution is 0.167. The Bertz CT molecular complexity index is 262. The molecule has 0 aromatic rings. The number of hydrogen-bond donors (Lipinski definition) is 2. The lowest BCUT2D eigenvalue weighted by Gasteiger charge is -2.39. The molecule has 0 aromatic heterocycles. The molecule has 0 aliphatic carbocycles. The van der Waals surface area contributed by atoms with Crippen molar-refractivity contribution in [3.63, 3.8) is 0 Å². The van der Waals surface area contributed by atoms with Crippen LogP contribution in [0, 0.1) is 0 Å². The molecule has 2 N–H and O–H groups in total. The van der Waals surface area contributed by atoms with E-state index in [1.54, 1.807) is 0 Å². The third-order valence-corrected chi connectivity index (χ3v) is 8.93. The largest absolute Gasteiger partial charge is 0.412 e. The first-order valence-electron chi connectivity index (χ1n) is 6.44. The standard InChI is InChI=1S/C12H26N2OSi/c1-12(2,3)16(4,5)15-11-6-9-7-13-8-10(11)14-9/h9-11,13-14H,6-8H2,1-5H3/t9?,10?,11-/m1/s1. The molecule has 3 nitrogen and oxygen atoms in total. The van der Waals surface area contributed by atoms with E-state index in [-0.39, 0.29) is 0 Å². The highest BCUT2D eigenvalue weighted by Crippen LogP contribution is 2.39. The quantitative estimate of drug-likeness (QED) is 0.723. The summed E-state index contributed by atoms with van der Waals surface area (Å²) in [6.07, 6.45) is 1.62. The average Bonchev–Trinajstić information content (AvgIpc) is 2.39. The molecule has 2 saturated heterocycles. The second-order valence-electron chi connectivity index (χ2n) is 6.78. The Morgan fingerprint density at radius 1 is 1.19 bits per heavy atom. The van der Waals surface area contributed by atoms with Gasteiger partial charge in [0.1, 0.15) is 0 Å². The lowest BCUT2D eigenvalue weighted by Crippen LogP contribution is -2.53. The molecule has 0 radical (unpaired) electrons. The van der Waals surface area contributed by atoms with E-state index >= 15 is 0 Å². The van der Waals surface area contributed by atoms with E-state index < -0.39 is 8.32 Å². The van der Waals surface area contributed by atoms with Crippen LogP contribution in [-0.4, -0.2) is 39.6 Å². The predicted molar refractivity (Wildman–Crippen MR) is 70.3 cm³/mol. The number of fused-ring (bicyclic) bond motifs is 2. The molecular formula is C12H26N2OSi. The Hall–Kier alpha value is 0.0969. The van der Waals surface area contributed by atoms with Crippen LogP contribution in [0.4, 0.5) is 0 Å². The van der Waals surface area contributed by atoms with E-state index in [1.807, 2.05) is 0 Å². The van der Waals surface area contributed by atoms with Crippen LogP contribution in [0.15, 0.2) is 0 Å². The van der Waals surface area contributed by atoms with Crippen LogP contribution in [0.25, 0.3) is 0 Å². The molecule has 0 spiro atoms. The summed E-state index contributed by atoms with van der Waals surface area (Å²) in [7, 11) is -1.60. The van der Waals surface area contributed by atoms with Gasteiger partial charge in [-0.15, -0.1) is 0 Å². The van der Waals surface area contributed by atoms with Gasteiger partial charge >= 0.3 is 0 Å². The summed E-state index contributed by atoms with van der Waals surface area (Å²) in [6, 6.07) is 1.17. The van der Waals surface area contributed by atoms with Crippen LogP contribution in [0.3, 0.4) is 0 Å². The van der Waals surface area contributed by atoms with Gasteiger partial charge in [-0.25, -0.2) is 0 Å². The molecule has 0 amide bonds. The van der Waals surface area contributed by atoms with Gasteiger partial charge in [-0.2, -0.15) is 0 Å². The van der Waals surface area contributed by atoms with Gasteiger partial charge in [-0.05, 0) is 24.6 Å². The maximum absolute atomic E-state index is 6.51. The molecule has 2 fully saturated rings. The van der Waals surface area contributed by atoms with E-state index in [0.717, 1.165) is 13.1 Å². The summed E-state index contributed by atoms with van der Waals surface area (Å²) in [4.78, 5) is 0. The van der Waals surface area contributed by atoms with E-state index in [4.69, 9.17) is 4.43 Å². The molecular weight excluding hydrogens is 216 g/mol. The minimum absolute atomic E-state index is 0.317. The van der Waals surface area contributed by atoms with Crippen molar-refractivity contribution >= 4 is 8.32 Å². The summed E-state index contributed by atoms with van der Waals surface area (Å²) >= 11 is 0. The third-order valence-electron chi connectivity index (χ3n) is 4.42. The van der Waals surface area contributed by atoms with Crippen molar-refractivity contribution < 1.29 is 4.43 Å². The first kappa shape index (κ1) is 12.6. The van der Waals surface area contributed by atoms with Crippen molar-refractivity contribution in [3.8, 4) is 0 Å². The zero-order valence-electron chi connectivity index (χ0n) is 11.3. The van der Waals surface area contributed by atoms with Gasteiger partial charge < -0.3 is 15.1 Å². The summed E-state index contributed by atoms with van der Waals surface area (Å²) in [6.45, 7) is 13.8. The molecule has 2 heterocycles. The monoisotopic (exact) mass is 242 g/mol. The number of hydrogen-bond acceptors (Lipinski definition) is 3. The highest BCUT2D eigenvalue weighted by molar-refractivity contribution is 6.74. The smallest absolute Gasteiger partial charge is 0.192 e. The van der Waals surface area contributed by atoms with E-state index in [1.165, 1.54) is 6.42 Å². The van der Waals surface area contributed by atoms with Gasteiger partial charge in [-0.3, -0.25) is 0 Å². The lowest BCUT2D eigenvalue weighted by atomic mass is 10.2.